The summed E-state index contributed by atoms with van der Waals surface area (Å²) in [6.07, 6.45) is -0.0558. The van der Waals surface area contributed by atoms with Crippen molar-refractivity contribution in [3.63, 3.8) is 0 Å². The third-order valence-corrected chi connectivity index (χ3v) is 3.04. The van der Waals surface area contributed by atoms with Crippen LogP contribution in [0.4, 0.5) is 9.18 Å². The lowest BCUT2D eigenvalue weighted by atomic mass is 9.91. The fourth-order valence-corrected chi connectivity index (χ4v) is 1.79. The van der Waals surface area contributed by atoms with E-state index in [9.17, 15) is 14.3 Å². The van der Waals surface area contributed by atoms with Crippen molar-refractivity contribution in [1.29, 1.82) is 0 Å². The largest absolute Gasteiger partial charge is 0.449 e. The number of halogens is 1. The molecular weight excluding hydrogens is 227 g/mol. The molecule has 100 valence electrons. The van der Waals surface area contributed by atoms with Crippen molar-refractivity contribution in [2.45, 2.75) is 38.0 Å². The second-order valence-corrected chi connectivity index (χ2v) is 4.45. The van der Waals surface area contributed by atoms with Crippen molar-refractivity contribution in [3.05, 3.63) is 0 Å². The van der Waals surface area contributed by atoms with Gasteiger partial charge < -0.3 is 20.5 Å². The van der Waals surface area contributed by atoms with Crippen LogP contribution in [-0.4, -0.2) is 54.1 Å². The van der Waals surface area contributed by atoms with Crippen LogP contribution in [0.5, 0.6) is 0 Å². The summed E-state index contributed by atoms with van der Waals surface area (Å²) in [4.78, 5) is 12.9. The Morgan fingerprint density at radius 3 is 3.00 bits per heavy atom. The van der Waals surface area contributed by atoms with E-state index in [1.165, 1.54) is 4.90 Å². The summed E-state index contributed by atoms with van der Waals surface area (Å²) in [5.41, 5.74) is 3.71. The Kier molecular flexibility index (Phi) is 5.14. The number of unbranched alkanes of at least 4 members (excludes halogenated alkanes) is 1. The minimum atomic E-state index is -1.64. The van der Waals surface area contributed by atoms with Gasteiger partial charge in [-0.25, -0.2) is 9.18 Å². The Balaban J connectivity index is 2.47. The standard InChI is InChI=1S/C11H21FN2O3/c1-2-3-6-17-10(15)14-5-4-9(12)11(16,7-13)8-14/h9,16H,2-8,13H2,1H3. The molecule has 3 N–H and O–H groups in total. The highest BCUT2D eigenvalue weighted by atomic mass is 19.1. The van der Waals surface area contributed by atoms with E-state index in [1.807, 2.05) is 6.92 Å². The zero-order valence-corrected chi connectivity index (χ0v) is 10.2. The first-order valence-electron chi connectivity index (χ1n) is 6.01. The molecule has 2 unspecified atom stereocenters. The SMILES string of the molecule is CCCCOC(=O)N1CCC(F)C(O)(CN)C1. The highest BCUT2D eigenvalue weighted by molar-refractivity contribution is 5.67. The summed E-state index contributed by atoms with van der Waals surface area (Å²) in [6.45, 7) is 2.30. The number of piperidine rings is 1. The zero-order chi connectivity index (χ0) is 12.9. The number of ether oxygens (including phenoxy) is 1. The highest BCUT2D eigenvalue weighted by Gasteiger charge is 2.43. The van der Waals surface area contributed by atoms with Crippen LogP contribution in [0.25, 0.3) is 0 Å². The normalized spacial score (nSPS) is 29.2. The molecule has 1 rings (SSSR count). The summed E-state index contributed by atoms with van der Waals surface area (Å²) < 4.78 is 18.5. The number of amides is 1. The number of carbonyl (C=O) groups is 1. The van der Waals surface area contributed by atoms with Gasteiger partial charge in [0.1, 0.15) is 11.8 Å². The minimum absolute atomic E-state index is 0.0938. The quantitative estimate of drug-likeness (QED) is 0.716. The van der Waals surface area contributed by atoms with Crippen molar-refractivity contribution in [1.82, 2.24) is 4.90 Å². The molecule has 6 heteroatoms. The molecule has 1 aliphatic rings. The van der Waals surface area contributed by atoms with E-state index in [0.29, 0.717) is 6.61 Å². The maximum atomic E-state index is 13.5. The lowest BCUT2D eigenvalue weighted by Gasteiger charge is -2.40. The summed E-state index contributed by atoms with van der Waals surface area (Å²) in [5.74, 6) is 0. The molecule has 0 saturated carbocycles. The third-order valence-electron chi connectivity index (χ3n) is 3.04. The summed E-state index contributed by atoms with van der Waals surface area (Å²) in [6, 6.07) is 0. The third kappa shape index (κ3) is 3.54. The van der Waals surface area contributed by atoms with Gasteiger partial charge in [-0.15, -0.1) is 0 Å². The predicted molar refractivity (Wildman–Crippen MR) is 61.3 cm³/mol. The zero-order valence-electron chi connectivity index (χ0n) is 10.2. The monoisotopic (exact) mass is 248 g/mol. The van der Waals surface area contributed by atoms with E-state index >= 15 is 0 Å². The molecule has 1 fully saturated rings. The number of rotatable bonds is 4. The molecule has 0 aromatic heterocycles. The molecule has 5 nitrogen and oxygen atoms in total. The van der Waals surface area contributed by atoms with E-state index < -0.39 is 17.9 Å². The van der Waals surface area contributed by atoms with E-state index in [0.717, 1.165) is 12.8 Å². The van der Waals surface area contributed by atoms with Gasteiger partial charge in [-0.2, -0.15) is 0 Å². The van der Waals surface area contributed by atoms with Gasteiger partial charge in [-0.1, -0.05) is 13.3 Å². The van der Waals surface area contributed by atoms with Crippen LogP contribution in [-0.2, 0) is 4.74 Å². The molecule has 0 radical (unpaired) electrons. The molecule has 0 aromatic carbocycles. The van der Waals surface area contributed by atoms with Crippen molar-refractivity contribution in [2.75, 3.05) is 26.2 Å². The fourth-order valence-electron chi connectivity index (χ4n) is 1.79. The number of β-amino-alcohol motifs (C(OH)–C–C–N with tert-alkyl or cyclic N) is 1. The van der Waals surface area contributed by atoms with Gasteiger partial charge in [0.25, 0.3) is 0 Å². The molecule has 0 aromatic rings. The summed E-state index contributed by atoms with van der Waals surface area (Å²) in [7, 11) is 0. The predicted octanol–water partition coefficient (Wildman–Crippen LogP) is 0.657. The fraction of sp³-hybridized carbons (Fsp3) is 0.909. The van der Waals surface area contributed by atoms with Crippen LogP contribution in [0.2, 0.25) is 0 Å². The van der Waals surface area contributed by atoms with E-state index in [-0.39, 0.29) is 26.1 Å². The highest BCUT2D eigenvalue weighted by Crippen LogP contribution is 2.24. The molecule has 1 saturated heterocycles. The Morgan fingerprint density at radius 1 is 1.71 bits per heavy atom. The summed E-state index contributed by atoms with van der Waals surface area (Å²) >= 11 is 0. The maximum Gasteiger partial charge on any atom is 0.409 e. The molecular formula is C11H21FN2O3. The van der Waals surface area contributed by atoms with Crippen LogP contribution < -0.4 is 5.73 Å². The first-order valence-corrected chi connectivity index (χ1v) is 6.01. The topological polar surface area (TPSA) is 75.8 Å². The number of hydrogen-bond acceptors (Lipinski definition) is 4. The van der Waals surface area contributed by atoms with Gasteiger partial charge >= 0.3 is 6.09 Å². The number of aliphatic hydroxyl groups is 1. The smallest absolute Gasteiger partial charge is 0.409 e. The first-order chi connectivity index (χ1) is 8.03. The number of alkyl halides is 1. The second-order valence-electron chi connectivity index (χ2n) is 4.45. The second kappa shape index (κ2) is 6.16. The Bertz CT molecular complexity index is 265. The Morgan fingerprint density at radius 2 is 2.41 bits per heavy atom. The van der Waals surface area contributed by atoms with E-state index in [1.54, 1.807) is 0 Å². The first kappa shape index (κ1) is 14.2. The molecule has 0 bridgehead atoms. The maximum absolute atomic E-state index is 13.5. The molecule has 2 atom stereocenters. The minimum Gasteiger partial charge on any atom is -0.449 e. The van der Waals surface area contributed by atoms with Gasteiger partial charge in [0.2, 0.25) is 0 Å². The number of carbonyl (C=O) groups excluding carboxylic acids is 1. The average Bonchev–Trinajstić information content (AvgIpc) is 2.33. The number of hydrogen-bond donors (Lipinski definition) is 2. The molecule has 1 amide bonds. The van der Waals surface area contributed by atoms with Crippen LogP contribution in [0, 0.1) is 0 Å². The molecule has 1 heterocycles. The number of nitrogens with two attached hydrogens (primary N) is 1. The van der Waals surface area contributed by atoms with E-state index in [2.05, 4.69) is 0 Å². The lowest BCUT2D eigenvalue weighted by molar-refractivity contribution is -0.0777. The van der Waals surface area contributed by atoms with Crippen molar-refractivity contribution in [3.8, 4) is 0 Å². The Labute approximate surface area is 101 Å². The van der Waals surface area contributed by atoms with Gasteiger partial charge in [-0.05, 0) is 12.8 Å². The average molecular weight is 248 g/mol. The molecule has 0 aliphatic carbocycles. The van der Waals surface area contributed by atoms with Crippen LogP contribution >= 0.6 is 0 Å². The van der Waals surface area contributed by atoms with Gasteiger partial charge in [0.05, 0.1) is 13.2 Å². The van der Waals surface area contributed by atoms with Gasteiger partial charge in [0, 0.05) is 13.1 Å². The van der Waals surface area contributed by atoms with Crippen molar-refractivity contribution < 1.29 is 19.0 Å². The molecule has 17 heavy (non-hydrogen) atoms. The Hall–Kier alpha value is -0.880. The summed E-state index contributed by atoms with van der Waals surface area (Å²) in [5, 5.41) is 9.89. The molecule has 0 spiro atoms. The van der Waals surface area contributed by atoms with Crippen molar-refractivity contribution >= 4 is 6.09 Å². The van der Waals surface area contributed by atoms with Crippen LogP contribution in [0.1, 0.15) is 26.2 Å². The van der Waals surface area contributed by atoms with Crippen LogP contribution in [0.3, 0.4) is 0 Å². The van der Waals surface area contributed by atoms with Gasteiger partial charge in [0.15, 0.2) is 0 Å². The lowest BCUT2D eigenvalue weighted by Crippen LogP contribution is -2.60. The van der Waals surface area contributed by atoms with E-state index in [4.69, 9.17) is 10.5 Å². The van der Waals surface area contributed by atoms with Crippen LogP contribution in [0.15, 0.2) is 0 Å². The molecule has 1 aliphatic heterocycles. The van der Waals surface area contributed by atoms with Crippen molar-refractivity contribution in [2.24, 2.45) is 5.73 Å². The number of nitrogens with zero attached hydrogens (tertiary/aromatic N) is 1. The number of likely N-dealkylation sites (tertiary alicyclic amines) is 1. The van der Waals surface area contributed by atoms with Gasteiger partial charge in [-0.3, -0.25) is 0 Å².